The monoisotopic (exact) mass is 156 g/mol. The highest BCUT2D eigenvalue weighted by Gasteiger charge is 1.97. The van der Waals surface area contributed by atoms with Gasteiger partial charge in [-0.3, -0.25) is 0 Å². The first-order chi connectivity index (χ1) is 5.61. The number of carbonyl (C=O) groups excluding carboxylic acids is 1. The number of rotatable bonds is 2. The van der Waals surface area contributed by atoms with Crippen molar-refractivity contribution in [2.45, 2.75) is 6.92 Å². The molecule has 0 spiro atoms. The van der Waals surface area contributed by atoms with Crippen LogP contribution in [0.15, 0.2) is 30.8 Å². The van der Waals surface area contributed by atoms with Crippen molar-refractivity contribution < 1.29 is 4.79 Å². The van der Waals surface area contributed by atoms with Gasteiger partial charge in [-0.25, -0.2) is 0 Å². The number of benzene rings is 1. The smallest absolute Gasteiger partial charge is 0.175 e. The van der Waals surface area contributed by atoms with Gasteiger partial charge in [-0.1, -0.05) is 36.4 Å². The maximum atomic E-state index is 10.7. The molecule has 0 fully saturated rings. The van der Waals surface area contributed by atoms with Crippen LogP contribution in [0.25, 0.3) is 5.57 Å². The Morgan fingerprint density at radius 3 is 2.00 bits per heavy atom. The molecule has 1 aromatic rings. The molecule has 2 radical (unpaired) electrons. The fourth-order valence-corrected chi connectivity index (χ4v) is 0.919. The summed E-state index contributed by atoms with van der Waals surface area (Å²) in [6, 6.07) is 7.07. The number of hydrogen-bond donors (Lipinski definition) is 0. The highest BCUT2D eigenvalue weighted by atomic mass is 16.1. The quantitative estimate of drug-likeness (QED) is 0.598. The van der Waals surface area contributed by atoms with E-state index in [4.69, 9.17) is 7.85 Å². The lowest BCUT2D eigenvalue weighted by atomic mass is 9.93. The summed E-state index contributed by atoms with van der Waals surface area (Å²) >= 11 is 0. The van der Waals surface area contributed by atoms with E-state index in [1.165, 1.54) is 0 Å². The summed E-state index contributed by atoms with van der Waals surface area (Å²) in [5.41, 5.74) is 2.13. The van der Waals surface area contributed by atoms with Gasteiger partial charge in [0.15, 0.2) is 7.85 Å². The molecular weight excluding hydrogens is 147 g/mol. The van der Waals surface area contributed by atoms with Gasteiger partial charge in [0.05, 0.1) is 0 Å². The molecule has 12 heavy (non-hydrogen) atoms. The van der Waals surface area contributed by atoms with E-state index >= 15 is 0 Å². The van der Waals surface area contributed by atoms with Crippen molar-refractivity contribution in [3.63, 3.8) is 0 Å². The second-order valence-corrected chi connectivity index (χ2v) is 2.72. The van der Waals surface area contributed by atoms with Crippen LogP contribution >= 0.6 is 0 Å². The summed E-state index contributed by atoms with van der Waals surface area (Å²) in [7, 11) is 5.08. The minimum atomic E-state index is -0.400. The predicted octanol–water partition coefficient (Wildman–Crippen LogP) is 2.03. The van der Waals surface area contributed by atoms with Gasteiger partial charge >= 0.3 is 0 Å². The molecule has 0 saturated carbocycles. The van der Waals surface area contributed by atoms with Crippen molar-refractivity contribution in [2.24, 2.45) is 0 Å². The average molecular weight is 156 g/mol. The molecule has 0 aliphatic carbocycles. The molecule has 58 valence electrons. The Morgan fingerprint density at radius 2 is 1.67 bits per heavy atom. The third kappa shape index (κ3) is 1.85. The molecule has 2 heteroatoms. The van der Waals surface area contributed by atoms with Crippen molar-refractivity contribution in [2.75, 3.05) is 0 Å². The zero-order chi connectivity index (χ0) is 9.14. The largest absolute Gasteiger partial charge is 0.307 e. The van der Waals surface area contributed by atoms with E-state index < -0.39 is 5.68 Å². The van der Waals surface area contributed by atoms with Gasteiger partial charge in [-0.15, -0.1) is 0 Å². The summed E-state index contributed by atoms with van der Waals surface area (Å²) < 4.78 is 0. The number of carbonyl (C=O) groups is 1. The van der Waals surface area contributed by atoms with Gasteiger partial charge in [0, 0.05) is 5.56 Å². The van der Waals surface area contributed by atoms with Gasteiger partial charge in [0.2, 0.25) is 0 Å². The van der Waals surface area contributed by atoms with Crippen molar-refractivity contribution in [3.05, 3.63) is 42.0 Å². The molecular formula is C10H9BO. The molecule has 0 aliphatic heterocycles. The number of hydrogen-bond acceptors (Lipinski definition) is 1. The molecule has 0 heterocycles. The third-order valence-corrected chi connectivity index (χ3v) is 1.66. The molecule has 1 nitrogen and oxygen atoms in total. The normalized spacial score (nSPS) is 9.42. The van der Waals surface area contributed by atoms with E-state index in [0.29, 0.717) is 5.56 Å². The average Bonchev–Trinajstić information content (AvgIpc) is 2.04. The van der Waals surface area contributed by atoms with E-state index in [-0.39, 0.29) is 0 Å². The molecule has 0 aromatic heterocycles. The maximum Gasteiger partial charge on any atom is 0.175 e. The highest BCUT2D eigenvalue weighted by molar-refractivity contribution is 6.62. The van der Waals surface area contributed by atoms with E-state index in [9.17, 15) is 4.79 Å². The molecule has 1 aromatic carbocycles. The lowest BCUT2D eigenvalue weighted by Gasteiger charge is -2.00. The van der Waals surface area contributed by atoms with Crippen LogP contribution in [0.3, 0.4) is 0 Å². The summed E-state index contributed by atoms with van der Waals surface area (Å²) in [5.74, 6) is 0. The fraction of sp³-hybridized carbons (Fsp3) is 0.100. The van der Waals surface area contributed by atoms with E-state index in [1.807, 2.05) is 19.1 Å². The first-order valence-electron chi connectivity index (χ1n) is 3.67. The Hall–Kier alpha value is -1.31. The van der Waals surface area contributed by atoms with Crippen LogP contribution in [0.2, 0.25) is 0 Å². The lowest BCUT2D eigenvalue weighted by molar-refractivity contribution is 0.108. The summed E-state index contributed by atoms with van der Waals surface area (Å²) in [6.45, 7) is 5.70. The van der Waals surface area contributed by atoms with Crippen LogP contribution in [0.5, 0.6) is 0 Å². The van der Waals surface area contributed by atoms with Crippen molar-refractivity contribution in [3.8, 4) is 0 Å². The zero-order valence-corrected chi connectivity index (χ0v) is 7.00. The van der Waals surface area contributed by atoms with E-state index in [2.05, 4.69) is 6.58 Å². The van der Waals surface area contributed by atoms with Crippen molar-refractivity contribution in [1.29, 1.82) is 0 Å². The lowest BCUT2D eigenvalue weighted by Crippen LogP contribution is -1.96. The Balaban J connectivity index is 3.01. The maximum absolute atomic E-state index is 10.7. The minimum Gasteiger partial charge on any atom is -0.307 e. The van der Waals surface area contributed by atoms with Gasteiger partial charge in [0.25, 0.3) is 0 Å². The highest BCUT2D eigenvalue weighted by Crippen LogP contribution is 2.11. The summed E-state index contributed by atoms with van der Waals surface area (Å²) in [4.78, 5) is 10.7. The van der Waals surface area contributed by atoms with Crippen molar-refractivity contribution >= 4 is 19.1 Å². The van der Waals surface area contributed by atoms with Crippen LogP contribution in [0.4, 0.5) is 0 Å². The van der Waals surface area contributed by atoms with Crippen LogP contribution in [-0.4, -0.2) is 13.5 Å². The summed E-state index contributed by atoms with van der Waals surface area (Å²) in [6.07, 6.45) is 0. The van der Waals surface area contributed by atoms with E-state index in [1.54, 1.807) is 12.1 Å². The molecule has 0 amide bonds. The molecule has 0 N–H and O–H groups in total. The Kier molecular flexibility index (Phi) is 2.49. The molecule has 0 aliphatic rings. The Morgan fingerprint density at radius 1 is 1.25 bits per heavy atom. The molecule has 1 rings (SSSR count). The van der Waals surface area contributed by atoms with Gasteiger partial charge in [-0.2, -0.15) is 0 Å². The van der Waals surface area contributed by atoms with Crippen LogP contribution in [0.1, 0.15) is 22.8 Å². The second-order valence-electron chi connectivity index (χ2n) is 2.72. The first kappa shape index (κ1) is 8.79. The minimum absolute atomic E-state index is 0.400. The van der Waals surface area contributed by atoms with E-state index in [0.717, 1.165) is 11.1 Å². The van der Waals surface area contributed by atoms with Gasteiger partial charge in [0.1, 0.15) is 5.68 Å². The van der Waals surface area contributed by atoms with Gasteiger partial charge < -0.3 is 4.79 Å². The molecule has 0 bridgehead atoms. The third-order valence-electron chi connectivity index (χ3n) is 1.66. The molecule has 0 atom stereocenters. The molecule has 0 saturated heterocycles. The predicted molar refractivity (Wildman–Crippen MR) is 51.2 cm³/mol. The SMILES string of the molecule is [B]C(=O)c1ccc(C(=C)C)cc1. The van der Waals surface area contributed by atoms with Gasteiger partial charge in [-0.05, 0) is 12.5 Å². The zero-order valence-electron chi connectivity index (χ0n) is 7.00. The van der Waals surface area contributed by atoms with Crippen LogP contribution in [0, 0.1) is 0 Å². The standard InChI is InChI=1S/C10H9BO/c1-7(2)8-3-5-9(6-4-8)10(11)12/h3-6H,1H2,2H3. The number of allylic oxidation sites excluding steroid dienone is 1. The van der Waals surface area contributed by atoms with Crippen molar-refractivity contribution in [1.82, 2.24) is 0 Å². The second kappa shape index (κ2) is 3.39. The van der Waals surface area contributed by atoms with Crippen LogP contribution in [-0.2, 0) is 0 Å². The topological polar surface area (TPSA) is 17.1 Å². The Bertz CT molecular complexity index is 278. The Labute approximate surface area is 73.5 Å². The first-order valence-corrected chi connectivity index (χ1v) is 3.67. The molecule has 0 unspecified atom stereocenters. The van der Waals surface area contributed by atoms with Crippen LogP contribution < -0.4 is 0 Å². The fourth-order valence-electron chi connectivity index (χ4n) is 0.919. The summed E-state index contributed by atoms with van der Waals surface area (Å²) in [5, 5.41) is 0.